The number of pyridine rings is 2. The van der Waals surface area contributed by atoms with Crippen LogP contribution in [0.2, 0.25) is 0 Å². The van der Waals surface area contributed by atoms with E-state index in [9.17, 15) is 4.79 Å². The number of ether oxygens (including phenoxy) is 1. The maximum atomic E-state index is 11.0. The molecule has 5 nitrogen and oxygen atoms in total. The van der Waals surface area contributed by atoms with Gasteiger partial charge in [0.1, 0.15) is 5.75 Å². The Morgan fingerprint density at radius 2 is 2.05 bits per heavy atom. The van der Waals surface area contributed by atoms with E-state index in [-0.39, 0.29) is 11.4 Å². The van der Waals surface area contributed by atoms with Crippen molar-refractivity contribution in [2.75, 3.05) is 0 Å². The highest BCUT2D eigenvalue weighted by Crippen LogP contribution is 2.24. The number of benzene rings is 1. The molecule has 0 bridgehead atoms. The van der Waals surface area contributed by atoms with Crippen molar-refractivity contribution in [1.82, 2.24) is 9.97 Å². The maximum absolute atomic E-state index is 11.0. The second-order valence-electron chi connectivity index (χ2n) is 4.60. The first-order valence-corrected chi connectivity index (χ1v) is 6.36. The van der Waals surface area contributed by atoms with Gasteiger partial charge in [-0.1, -0.05) is 6.07 Å². The van der Waals surface area contributed by atoms with E-state index < -0.39 is 5.97 Å². The van der Waals surface area contributed by atoms with Crippen molar-refractivity contribution in [3.63, 3.8) is 0 Å². The zero-order chi connectivity index (χ0) is 14.8. The van der Waals surface area contributed by atoms with Crippen molar-refractivity contribution >= 4 is 16.9 Å². The van der Waals surface area contributed by atoms with Crippen LogP contribution in [0.25, 0.3) is 10.9 Å². The number of fused-ring (bicyclic) bond motifs is 1. The lowest BCUT2D eigenvalue weighted by atomic mass is 10.2. The summed E-state index contributed by atoms with van der Waals surface area (Å²) < 4.78 is 5.64. The normalized spacial score (nSPS) is 10.5. The summed E-state index contributed by atoms with van der Waals surface area (Å²) in [6, 6.07) is 12.2. The van der Waals surface area contributed by atoms with Crippen LogP contribution in [-0.4, -0.2) is 21.0 Å². The van der Waals surface area contributed by atoms with Crippen molar-refractivity contribution in [1.29, 1.82) is 0 Å². The van der Waals surface area contributed by atoms with E-state index in [4.69, 9.17) is 9.84 Å². The molecular weight excluding hydrogens is 268 g/mol. The van der Waals surface area contributed by atoms with Gasteiger partial charge in [0.05, 0.1) is 11.1 Å². The van der Waals surface area contributed by atoms with Crippen LogP contribution in [0, 0.1) is 6.92 Å². The van der Waals surface area contributed by atoms with Gasteiger partial charge >= 0.3 is 5.97 Å². The van der Waals surface area contributed by atoms with Crippen LogP contribution in [0.1, 0.15) is 16.1 Å². The Hall–Kier alpha value is -2.95. The van der Waals surface area contributed by atoms with Crippen LogP contribution in [0.4, 0.5) is 0 Å². The zero-order valence-electron chi connectivity index (χ0n) is 11.3. The molecule has 0 aliphatic rings. The first-order valence-electron chi connectivity index (χ1n) is 6.36. The van der Waals surface area contributed by atoms with E-state index in [0.29, 0.717) is 11.4 Å². The van der Waals surface area contributed by atoms with Crippen LogP contribution in [0.15, 0.2) is 48.7 Å². The number of hydrogen-bond donors (Lipinski definition) is 1. The summed E-state index contributed by atoms with van der Waals surface area (Å²) in [5, 5.41) is 10.1. The fraction of sp³-hybridized carbons (Fsp3) is 0.0625. The molecule has 0 spiro atoms. The lowest BCUT2D eigenvalue weighted by Gasteiger charge is -2.07. The lowest BCUT2D eigenvalue weighted by Crippen LogP contribution is -2.00. The third-order valence-electron chi connectivity index (χ3n) is 2.98. The summed E-state index contributed by atoms with van der Waals surface area (Å²) in [6.45, 7) is 1.72. The Morgan fingerprint density at radius 3 is 2.86 bits per heavy atom. The molecule has 0 saturated carbocycles. The average Bonchev–Trinajstić information content (AvgIpc) is 2.46. The van der Waals surface area contributed by atoms with Crippen LogP contribution in [0.5, 0.6) is 11.6 Å². The summed E-state index contributed by atoms with van der Waals surface area (Å²) in [6.07, 6.45) is 1.71. The summed E-state index contributed by atoms with van der Waals surface area (Å²) in [5.74, 6) is -0.191. The molecule has 1 N–H and O–H groups in total. The molecule has 104 valence electrons. The minimum Gasteiger partial charge on any atom is -0.478 e. The number of nitrogens with zero attached hydrogens (tertiary/aromatic N) is 2. The number of carboxylic acids is 1. The molecule has 1 aromatic carbocycles. The molecule has 0 fully saturated rings. The number of hydrogen-bond acceptors (Lipinski definition) is 4. The van der Waals surface area contributed by atoms with Crippen LogP contribution >= 0.6 is 0 Å². The number of carboxylic acid groups (broad SMARTS) is 1. The van der Waals surface area contributed by atoms with Crippen molar-refractivity contribution < 1.29 is 14.6 Å². The molecule has 0 saturated heterocycles. The number of aromatic nitrogens is 2. The Morgan fingerprint density at radius 1 is 1.19 bits per heavy atom. The van der Waals surface area contributed by atoms with Gasteiger partial charge in [0.25, 0.3) is 0 Å². The Balaban J connectivity index is 1.96. The molecule has 2 heterocycles. The second-order valence-corrected chi connectivity index (χ2v) is 4.60. The number of aromatic carboxylic acids is 1. The summed E-state index contributed by atoms with van der Waals surface area (Å²) in [4.78, 5) is 19.5. The minimum atomic E-state index is -1.01. The predicted molar refractivity (Wildman–Crippen MR) is 77.8 cm³/mol. The van der Waals surface area contributed by atoms with Gasteiger partial charge in [-0.15, -0.1) is 0 Å². The van der Waals surface area contributed by atoms with Crippen LogP contribution in [-0.2, 0) is 0 Å². The number of rotatable bonds is 3. The van der Waals surface area contributed by atoms with E-state index in [1.54, 1.807) is 25.3 Å². The standard InChI is InChI=1S/C16H12N2O3/c1-10-7-12(16(19)20)8-15(18-10)21-13-5-4-11-3-2-6-17-14(11)9-13/h2-9H,1H3,(H,19,20). The smallest absolute Gasteiger partial charge is 0.335 e. The van der Waals surface area contributed by atoms with E-state index >= 15 is 0 Å². The molecule has 3 aromatic rings. The first-order chi connectivity index (χ1) is 10.1. The molecule has 0 aliphatic carbocycles. The molecule has 5 heteroatoms. The highest BCUT2D eigenvalue weighted by Gasteiger charge is 2.08. The fourth-order valence-corrected chi connectivity index (χ4v) is 2.04. The molecular formula is C16H12N2O3. The summed E-state index contributed by atoms with van der Waals surface area (Å²) in [5.41, 5.74) is 1.54. The second kappa shape index (κ2) is 5.20. The summed E-state index contributed by atoms with van der Waals surface area (Å²) in [7, 11) is 0. The highest BCUT2D eigenvalue weighted by molar-refractivity contribution is 5.88. The monoisotopic (exact) mass is 280 g/mol. The molecule has 0 aliphatic heterocycles. The van der Waals surface area contributed by atoms with E-state index in [0.717, 1.165) is 10.9 Å². The molecule has 0 unspecified atom stereocenters. The van der Waals surface area contributed by atoms with Crippen LogP contribution in [0.3, 0.4) is 0 Å². The Kier molecular flexibility index (Phi) is 3.23. The Labute approximate surface area is 120 Å². The predicted octanol–water partition coefficient (Wildman–Crippen LogP) is 3.43. The van der Waals surface area contributed by atoms with Crippen molar-refractivity contribution in [3.05, 3.63) is 59.9 Å². The van der Waals surface area contributed by atoms with E-state index in [1.165, 1.54) is 12.1 Å². The van der Waals surface area contributed by atoms with Crippen molar-refractivity contribution in [2.24, 2.45) is 0 Å². The fourth-order valence-electron chi connectivity index (χ4n) is 2.04. The highest BCUT2D eigenvalue weighted by atomic mass is 16.5. The van der Waals surface area contributed by atoms with E-state index in [2.05, 4.69) is 9.97 Å². The van der Waals surface area contributed by atoms with Crippen LogP contribution < -0.4 is 4.74 Å². The van der Waals surface area contributed by atoms with Gasteiger partial charge in [-0.2, -0.15) is 0 Å². The number of carbonyl (C=O) groups is 1. The van der Waals surface area contributed by atoms with Gasteiger partial charge in [-0.05, 0) is 31.2 Å². The van der Waals surface area contributed by atoms with Gasteiger partial charge in [-0.3, -0.25) is 4.98 Å². The van der Waals surface area contributed by atoms with Crippen molar-refractivity contribution in [3.8, 4) is 11.6 Å². The van der Waals surface area contributed by atoms with Gasteiger partial charge in [-0.25, -0.2) is 9.78 Å². The lowest BCUT2D eigenvalue weighted by molar-refractivity contribution is 0.0696. The molecule has 0 radical (unpaired) electrons. The number of aryl methyl sites for hydroxylation is 1. The maximum Gasteiger partial charge on any atom is 0.335 e. The third kappa shape index (κ3) is 2.81. The molecule has 2 aromatic heterocycles. The summed E-state index contributed by atoms with van der Waals surface area (Å²) >= 11 is 0. The van der Waals surface area contributed by atoms with Gasteiger partial charge in [0.2, 0.25) is 5.88 Å². The quantitative estimate of drug-likeness (QED) is 0.795. The molecule has 0 atom stereocenters. The molecule has 21 heavy (non-hydrogen) atoms. The Bertz CT molecular complexity index is 831. The molecule has 0 amide bonds. The average molecular weight is 280 g/mol. The van der Waals surface area contributed by atoms with Gasteiger partial charge < -0.3 is 9.84 Å². The zero-order valence-corrected chi connectivity index (χ0v) is 11.3. The van der Waals surface area contributed by atoms with Gasteiger partial charge in [0, 0.05) is 29.4 Å². The SMILES string of the molecule is Cc1cc(C(=O)O)cc(Oc2ccc3cccnc3c2)n1. The topological polar surface area (TPSA) is 72.3 Å². The van der Waals surface area contributed by atoms with Gasteiger partial charge in [0.15, 0.2) is 0 Å². The molecule has 3 rings (SSSR count). The largest absolute Gasteiger partial charge is 0.478 e. The van der Waals surface area contributed by atoms with E-state index in [1.807, 2.05) is 18.2 Å². The first kappa shape index (κ1) is 13.1. The minimum absolute atomic E-state index is 0.149. The third-order valence-corrected chi connectivity index (χ3v) is 2.98. The van der Waals surface area contributed by atoms with Crippen molar-refractivity contribution in [2.45, 2.75) is 6.92 Å².